The lowest BCUT2D eigenvalue weighted by Gasteiger charge is -2.33. The van der Waals surface area contributed by atoms with Crippen LogP contribution in [0.2, 0.25) is 0 Å². The molecule has 2 heterocycles. The molecule has 1 N–H and O–H groups in total. The summed E-state index contributed by atoms with van der Waals surface area (Å²) in [7, 11) is 0. The molecule has 0 radical (unpaired) electrons. The van der Waals surface area contributed by atoms with Gasteiger partial charge in [-0.2, -0.15) is 0 Å². The van der Waals surface area contributed by atoms with E-state index in [0.29, 0.717) is 13.0 Å². The maximum absolute atomic E-state index is 13.3. The Kier molecular flexibility index (Phi) is 5.01. The lowest BCUT2D eigenvalue weighted by Crippen LogP contribution is -2.42. The van der Waals surface area contributed by atoms with Crippen molar-refractivity contribution < 1.29 is 18.7 Å². The largest absolute Gasteiger partial charge is 0.387 e. The van der Waals surface area contributed by atoms with Crippen LogP contribution in [0, 0.1) is 5.92 Å². The summed E-state index contributed by atoms with van der Waals surface area (Å²) >= 11 is 1.52. The molecule has 1 saturated carbocycles. The number of thiophene rings is 1. The van der Waals surface area contributed by atoms with Gasteiger partial charge in [0.1, 0.15) is 0 Å². The number of halogens is 2. The number of hydrogen-bond acceptors (Lipinski definition) is 3. The van der Waals surface area contributed by atoms with Gasteiger partial charge in [0.2, 0.25) is 11.8 Å². The zero-order valence-electron chi connectivity index (χ0n) is 13.1. The fourth-order valence-electron chi connectivity index (χ4n) is 3.75. The predicted octanol–water partition coefficient (Wildman–Crippen LogP) is 3.99. The fourth-order valence-corrected chi connectivity index (χ4v) is 4.47. The molecule has 0 aromatic carbocycles. The second-order valence-corrected chi connectivity index (χ2v) is 7.70. The van der Waals surface area contributed by atoms with E-state index >= 15 is 0 Å². The highest BCUT2D eigenvalue weighted by Crippen LogP contribution is 2.38. The summed E-state index contributed by atoms with van der Waals surface area (Å²) in [5.41, 5.74) is 0. The fraction of sp³-hybridized carbons (Fsp3) is 0.706. The summed E-state index contributed by atoms with van der Waals surface area (Å²) < 4.78 is 26.5. The van der Waals surface area contributed by atoms with Crippen LogP contribution in [0.15, 0.2) is 17.5 Å². The molecule has 128 valence electrons. The normalized spacial score (nSPS) is 26.4. The number of likely N-dealkylation sites (tertiary alicyclic amines) is 1. The Hall–Kier alpha value is -1.01. The highest BCUT2D eigenvalue weighted by molar-refractivity contribution is 7.10. The molecule has 2 aliphatic rings. The van der Waals surface area contributed by atoms with Crippen LogP contribution in [0.25, 0.3) is 0 Å². The number of hydrogen-bond donors (Lipinski definition) is 1. The van der Waals surface area contributed by atoms with Crippen LogP contribution in [-0.2, 0) is 4.79 Å². The summed E-state index contributed by atoms with van der Waals surface area (Å²) in [6.45, 7) is 0.688. The van der Waals surface area contributed by atoms with Gasteiger partial charge in [0.05, 0.1) is 6.10 Å². The Morgan fingerprint density at radius 3 is 2.78 bits per heavy atom. The molecule has 3 rings (SSSR count). The van der Waals surface area contributed by atoms with Crippen molar-refractivity contribution >= 4 is 17.2 Å². The van der Waals surface area contributed by atoms with Gasteiger partial charge in [0, 0.05) is 36.2 Å². The van der Waals surface area contributed by atoms with Gasteiger partial charge < -0.3 is 10.0 Å². The van der Waals surface area contributed by atoms with Crippen LogP contribution >= 0.6 is 11.3 Å². The smallest absolute Gasteiger partial charge is 0.248 e. The number of aliphatic hydroxyl groups excluding tert-OH is 1. The van der Waals surface area contributed by atoms with Crippen molar-refractivity contribution in [2.24, 2.45) is 5.92 Å². The monoisotopic (exact) mass is 343 g/mol. The first-order valence-corrected chi connectivity index (χ1v) is 9.24. The average Bonchev–Trinajstić information content (AvgIpc) is 3.18. The molecule has 2 atom stereocenters. The molecule has 0 spiro atoms. The van der Waals surface area contributed by atoms with E-state index in [4.69, 9.17) is 0 Å². The van der Waals surface area contributed by atoms with Gasteiger partial charge in [-0.05, 0) is 43.6 Å². The average molecular weight is 343 g/mol. The Bertz CT molecular complexity index is 525. The molecular weight excluding hydrogens is 320 g/mol. The molecule has 1 amide bonds. The third kappa shape index (κ3) is 3.91. The van der Waals surface area contributed by atoms with Gasteiger partial charge in [-0.25, -0.2) is 8.78 Å². The van der Waals surface area contributed by atoms with Crippen molar-refractivity contribution in [2.75, 3.05) is 6.54 Å². The molecule has 1 aromatic rings. The van der Waals surface area contributed by atoms with Crippen molar-refractivity contribution in [1.82, 2.24) is 4.90 Å². The SMILES string of the molecule is O=C(C1CCC(F)(F)CC1)N1CCCC1CC(O)c1cccs1. The molecule has 0 bridgehead atoms. The van der Waals surface area contributed by atoms with E-state index in [-0.39, 0.29) is 43.6 Å². The minimum absolute atomic E-state index is 0.0152. The van der Waals surface area contributed by atoms with Crippen LogP contribution < -0.4 is 0 Å². The molecular formula is C17H23F2NO2S. The molecule has 1 aromatic heterocycles. The Morgan fingerprint density at radius 2 is 2.13 bits per heavy atom. The van der Waals surface area contributed by atoms with Gasteiger partial charge in [0.25, 0.3) is 0 Å². The van der Waals surface area contributed by atoms with Crippen LogP contribution in [-0.4, -0.2) is 34.4 Å². The van der Waals surface area contributed by atoms with Crippen molar-refractivity contribution in [3.63, 3.8) is 0 Å². The summed E-state index contributed by atoms with van der Waals surface area (Å²) in [5.74, 6) is -2.85. The molecule has 1 saturated heterocycles. The highest BCUT2D eigenvalue weighted by Gasteiger charge is 2.41. The number of alkyl halides is 2. The number of carbonyl (C=O) groups excluding carboxylic acids is 1. The van der Waals surface area contributed by atoms with Crippen LogP contribution in [0.3, 0.4) is 0 Å². The van der Waals surface area contributed by atoms with Crippen molar-refractivity contribution in [3.05, 3.63) is 22.4 Å². The zero-order valence-corrected chi connectivity index (χ0v) is 13.9. The lowest BCUT2D eigenvalue weighted by atomic mass is 9.85. The number of nitrogens with zero attached hydrogens (tertiary/aromatic N) is 1. The van der Waals surface area contributed by atoms with E-state index in [2.05, 4.69) is 0 Å². The Balaban J connectivity index is 1.59. The molecule has 23 heavy (non-hydrogen) atoms. The molecule has 6 heteroatoms. The summed E-state index contributed by atoms with van der Waals surface area (Å²) in [6.07, 6.45) is 2.00. The first-order chi connectivity index (χ1) is 11.0. The minimum atomic E-state index is -2.60. The Morgan fingerprint density at radius 1 is 1.39 bits per heavy atom. The van der Waals surface area contributed by atoms with E-state index < -0.39 is 12.0 Å². The van der Waals surface area contributed by atoms with Gasteiger partial charge in [-0.3, -0.25) is 4.79 Å². The van der Waals surface area contributed by atoms with Gasteiger partial charge in [-0.15, -0.1) is 11.3 Å². The zero-order chi connectivity index (χ0) is 16.4. The molecule has 2 fully saturated rings. The summed E-state index contributed by atoms with van der Waals surface area (Å²) in [4.78, 5) is 15.4. The van der Waals surface area contributed by atoms with Crippen LogP contribution in [0.1, 0.15) is 55.9 Å². The van der Waals surface area contributed by atoms with E-state index in [1.54, 1.807) is 0 Å². The van der Waals surface area contributed by atoms with Gasteiger partial charge >= 0.3 is 0 Å². The van der Waals surface area contributed by atoms with Crippen LogP contribution in [0.5, 0.6) is 0 Å². The number of carbonyl (C=O) groups is 1. The second-order valence-electron chi connectivity index (χ2n) is 6.72. The Labute approximate surface area is 139 Å². The standard InChI is InChI=1S/C17H23F2NO2S/c18-17(19)7-5-12(6-8-17)16(22)20-9-1-3-13(20)11-14(21)15-4-2-10-23-15/h2,4,10,12-14,21H,1,3,5-9,11H2. The quantitative estimate of drug-likeness (QED) is 0.898. The molecule has 1 aliphatic carbocycles. The van der Waals surface area contributed by atoms with E-state index in [0.717, 1.165) is 17.7 Å². The van der Waals surface area contributed by atoms with Crippen molar-refractivity contribution in [3.8, 4) is 0 Å². The van der Waals surface area contributed by atoms with Crippen molar-refractivity contribution in [1.29, 1.82) is 0 Å². The lowest BCUT2D eigenvalue weighted by molar-refractivity contribution is -0.141. The molecule has 2 unspecified atom stereocenters. The van der Waals surface area contributed by atoms with E-state index in [1.165, 1.54) is 11.3 Å². The molecule has 3 nitrogen and oxygen atoms in total. The summed E-state index contributed by atoms with van der Waals surface area (Å²) in [5, 5.41) is 12.3. The third-order valence-electron chi connectivity index (χ3n) is 5.09. The number of rotatable bonds is 4. The topological polar surface area (TPSA) is 40.5 Å². The van der Waals surface area contributed by atoms with Crippen molar-refractivity contribution in [2.45, 2.75) is 63.0 Å². The van der Waals surface area contributed by atoms with E-state index in [1.807, 2.05) is 22.4 Å². The number of amides is 1. The molecule has 1 aliphatic heterocycles. The first-order valence-electron chi connectivity index (χ1n) is 8.36. The maximum atomic E-state index is 13.3. The summed E-state index contributed by atoms with van der Waals surface area (Å²) in [6, 6.07) is 3.84. The van der Waals surface area contributed by atoms with Gasteiger partial charge in [-0.1, -0.05) is 6.07 Å². The highest BCUT2D eigenvalue weighted by atomic mass is 32.1. The maximum Gasteiger partial charge on any atom is 0.248 e. The van der Waals surface area contributed by atoms with Gasteiger partial charge in [0.15, 0.2) is 0 Å². The second kappa shape index (κ2) is 6.85. The third-order valence-corrected chi connectivity index (χ3v) is 6.07. The predicted molar refractivity (Wildman–Crippen MR) is 85.5 cm³/mol. The number of aliphatic hydroxyl groups is 1. The first kappa shape index (κ1) is 16.8. The van der Waals surface area contributed by atoms with Crippen LogP contribution in [0.4, 0.5) is 8.78 Å². The minimum Gasteiger partial charge on any atom is -0.387 e. The van der Waals surface area contributed by atoms with E-state index in [9.17, 15) is 18.7 Å².